The SMILES string of the molecule is Cc1ccc(C(=O)NCC(=O)Nc2ccc(Oc3ncccn3)cc2)cc1C. The Balaban J connectivity index is 1.50. The van der Waals surface area contributed by atoms with E-state index in [1.54, 1.807) is 54.9 Å². The summed E-state index contributed by atoms with van der Waals surface area (Å²) in [6, 6.07) is 14.1. The molecule has 7 heteroatoms. The maximum atomic E-state index is 12.2. The molecule has 3 rings (SSSR count). The fourth-order valence-electron chi connectivity index (χ4n) is 2.40. The highest BCUT2D eigenvalue weighted by atomic mass is 16.5. The summed E-state index contributed by atoms with van der Waals surface area (Å²) in [5.41, 5.74) is 3.26. The fourth-order valence-corrected chi connectivity index (χ4v) is 2.40. The average molecular weight is 376 g/mol. The second kappa shape index (κ2) is 8.77. The first-order valence-electron chi connectivity index (χ1n) is 8.71. The first kappa shape index (κ1) is 19.0. The predicted molar refractivity (Wildman–Crippen MR) is 105 cm³/mol. The highest BCUT2D eigenvalue weighted by Gasteiger charge is 2.09. The molecule has 0 atom stereocenters. The van der Waals surface area contributed by atoms with E-state index in [-0.39, 0.29) is 24.4 Å². The summed E-state index contributed by atoms with van der Waals surface area (Å²) in [5.74, 6) is -0.0608. The Hall–Kier alpha value is -3.74. The van der Waals surface area contributed by atoms with Crippen molar-refractivity contribution in [1.29, 1.82) is 0 Å². The van der Waals surface area contributed by atoms with Gasteiger partial charge in [-0.3, -0.25) is 9.59 Å². The summed E-state index contributed by atoms with van der Waals surface area (Å²) < 4.78 is 5.49. The average Bonchev–Trinajstić information content (AvgIpc) is 2.70. The molecule has 0 unspecified atom stereocenters. The minimum absolute atomic E-state index is 0.123. The number of hydrogen-bond donors (Lipinski definition) is 2. The minimum atomic E-state index is -0.322. The van der Waals surface area contributed by atoms with Gasteiger partial charge >= 0.3 is 6.01 Å². The van der Waals surface area contributed by atoms with E-state index in [0.29, 0.717) is 17.0 Å². The Bertz CT molecular complexity index is 973. The zero-order chi connectivity index (χ0) is 19.9. The van der Waals surface area contributed by atoms with Gasteiger partial charge in [0.05, 0.1) is 6.54 Å². The number of nitrogens with one attached hydrogen (secondary N) is 2. The van der Waals surface area contributed by atoms with Crippen molar-refractivity contribution in [1.82, 2.24) is 15.3 Å². The second-order valence-electron chi connectivity index (χ2n) is 6.19. The summed E-state index contributed by atoms with van der Waals surface area (Å²) in [6.07, 6.45) is 3.17. The van der Waals surface area contributed by atoms with E-state index in [0.717, 1.165) is 11.1 Å². The minimum Gasteiger partial charge on any atom is -0.424 e. The van der Waals surface area contributed by atoms with Gasteiger partial charge in [-0.25, -0.2) is 9.97 Å². The molecule has 7 nitrogen and oxygen atoms in total. The number of aromatic nitrogens is 2. The molecule has 0 bridgehead atoms. The number of carbonyl (C=O) groups is 2. The van der Waals surface area contributed by atoms with Gasteiger partial charge in [-0.1, -0.05) is 6.07 Å². The molecule has 0 aliphatic rings. The summed E-state index contributed by atoms with van der Waals surface area (Å²) in [6.45, 7) is 3.80. The van der Waals surface area contributed by atoms with Crippen LogP contribution in [0.4, 0.5) is 5.69 Å². The van der Waals surface area contributed by atoms with Crippen molar-refractivity contribution in [2.75, 3.05) is 11.9 Å². The van der Waals surface area contributed by atoms with E-state index < -0.39 is 0 Å². The van der Waals surface area contributed by atoms with E-state index in [4.69, 9.17) is 4.74 Å². The van der Waals surface area contributed by atoms with E-state index in [1.807, 2.05) is 19.9 Å². The lowest BCUT2D eigenvalue weighted by molar-refractivity contribution is -0.115. The number of aryl methyl sites for hydroxylation is 2. The first-order valence-corrected chi connectivity index (χ1v) is 8.71. The number of anilines is 1. The molecule has 0 aliphatic heterocycles. The molecule has 0 saturated heterocycles. The summed E-state index contributed by atoms with van der Waals surface area (Å²) >= 11 is 0. The lowest BCUT2D eigenvalue weighted by Crippen LogP contribution is -2.32. The summed E-state index contributed by atoms with van der Waals surface area (Å²) in [4.78, 5) is 32.2. The molecule has 28 heavy (non-hydrogen) atoms. The third kappa shape index (κ3) is 5.14. The van der Waals surface area contributed by atoms with E-state index in [1.165, 1.54) is 0 Å². The van der Waals surface area contributed by atoms with Crippen LogP contribution in [-0.2, 0) is 4.79 Å². The zero-order valence-corrected chi connectivity index (χ0v) is 15.6. The van der Waals surface area contributed by atoms with Gasteiger partial charge in [0.1, 0.15) is 5.75 Å². The van der Waals surface area contributed by atoms with Gasteiger partial charge in [0.25, 0.3) is 5.91 Å². The quantitative estimate of drug-likeness (QED) is 0.689. The van der Waals surface area contributed by atoms with Crippen LogP contribution in [0.5, 0.6) is 11.8 Å². The molecule has 0 saturated carbocycles. The van der Waals surface area contributed by atoms with Crippen LogP contribution in [0.25, 0.3) is 0 Å². The number of ether oxygens (including phenoxy) is 1. The van der Waals surface area contributed by atoms with Gasteiger partial charge in [0.15, 0.2) is 0 Å². The number of benzene rings is 2. The molecule has 1 heterocycles. The van der Waals surface area contributed by atoms with Gasteiger partial charge in [0, 0.05) is 23.6 Å². The van der Waals surface area contributed by atoms with Crippen molar-refractivity contribution in [2.24, 2.45) is 0 Å². The van der Waals surface area contributed by atoms with E-state index >= 15 is 0 Å². The van der Waals surface area contributed by atoms with Gasteiger partial charge < -0.3 is 15.4 Å². The van der Waals surface area contributed by atoms with Gasteiger partial charge in [-0.05, 0) is 67.4 Å². The smallest absolute Gasteiger partial charge is 0.321 e. The van der Waals surface area contributed by atoms with Crippen LogP contribution >= 0.6 is 0 Å². The predicted octanol–water partition coefficient (Wildman–Crippen LogP) is 3.25. The zero-order valence-electron chi connectivity index (χ0n) is 15.6. The molecule has 2 aromatic carbocycles. The highest BCUT2D eigenvalue weighted by Crippen LogP contribution is 2.19. The Labute approximate surface area is 162 Å². The fraction of sp³-hybridized carbons (Fsp3) is 0.143. The van der Waals surface area contributed by atoms with Gasteiger partial charge in [-0.15, -0.1) is 0 Å². The topological polar surface area (TPSA) is 93.2 Å². The van der Waals surface area contributed by atoms with Crippen LogP contribution in [0.2, 0.25) is 0 Å². The van der Waals surface area contributed by atoms with Crippen molar-refractivity contribution >= 4 is 17.5 Å². The number of hydrogen-bond acceptors (Lipinski definition) is 5. The van der Waals surface area contributed by atoms with Crippen LogP contribution in [0.1, 0.15) is 21.5 Å². The molecule has 0 radical (unpaired) electrons. The lowest BCUT2D eigenvalue weighted by Gasteiger charge is -2.09. The molecule has 0 spiro atoms. The molecule has 3 aromatic rings. The van der Waals surface area contributed by atoms with Crippen molar-refractivity contribution < 1.29 is 14.3 Å². The monoisotopic (exact) mass is 376 g/mol. The Morgan fingerprint density at radius 1 is 0.964 bits per heavy atom. The van der Waals surface area contributed by atoms with Gasteiger partial charge in [0.2, 0.25) is 5.91 Å². The third-order valence-electron chi connectivity index (χ3n) is 4.07. The van der Waals surface area contributed by atoms with Crippen LogP contribution in [0, 0.1) is 13.8 Å². The maximum absolute atomic E-state index is 12.2. The lowest BCUT2D eigenvalue weighted by atomic mass is 10.1. The van der Waals surface area contributed by atoms with Crippen molar-refractivity contribution in [3.8, 4) is 11.8 Å². The maximum Gasteiger partial charge on any atom is 0.321 e. The largest absolute Gasteiger partial charge is 0.424 e. The molecule has 1 aromatic heterocycles. The molecular formula is C21H20N4O3. The standard InChI is InChI=1S/C21H20N4O3/c1-14-4-5-16(12-15(14)2)20(27)24-13-19(26)25-17-6-8-18(9-7-17)28-21-22-10-3-11-23-21/h3-12H,13H2,1-2H3,(H,24,27)(H,25,26). The highest BCUT2D eigenvalue weighted by molar-refractivity contribution is 5.99. The Kier molecular flexibility index (Phi) is 5.96. The summed E-state index contributed by atoms with van der Waals surface area (Å²) in [7, 11) is 0. The molecule has 0 fully saturated rings. The molecular weight excluding hydrogens is 356 g/mol. The second-order valence-corrected chi connectivity index (χ2v) is 6.19. The molecule has 2 N–H and O–H groups in total. The van der Waals surface area contributed by atoms with Crippen LogP contribution in [-0.4, -0.2) is 28.3 Å². The summed E-state index contributed by atoms with van der Waals surface area (Å²) in [5, 5.41) is 5.34. The van der Waals surface area contributed by atoms with Crippen molar-refractivity contribution in [2.45, 2.75) is 13.8 Å². The Morgan fingerprint density at radius 3 is 2.36 bits per heavy atom. The normalized spacial score (nSPS) is 10.2. The first-order chi connectivity index (χ1) is 13.5. The Morgan fingerprint density at radius 2 is 1.68 bits per heavy atom. The van der Waals surface area contributed by atoms with Gasteiger partial charge in [-0.2, -0.15) is 0 Å². The van der Waals surface area contributed by atoms with Crippen molar-refractivity contribution in [3.63, 3.8) is 0 Å². The molecule has 2 amide bonds. The number of carbonyl (C=O) groups excluding carboxylic acids is 2. The van der Waals surface area contributed by atoms with Crippen LogP contribution in [0.3, 0.4) is 0 Å². The number of rotatable bonds is 6. The number of amides is 2. The molecule has 0 aliphatic carbocycles. The number of nitrogens with zero attached hydrogens (tertiary/aromatic N) is 2. The van der Waals surface area contributed by atoms with Crippen LogP contribution < -0.4 is 15.4 Å². The van der Waals surface area contributed by atoms with Crippen molar-refractivity contribution in [3.05, 3.63) is 77.6 Å². The molecule has 142 valence electrons. The van der Waals surface area contributed by atoms with Crippen LogP contribution in [0.15, 0.2) is 60.9 Å². The van der Waals surface area contributed by atoms with E-state index in [2.05, 4.69) is 20.6 Å². The van der Waals surface area contributed by atoms with E-state index in [9.17, 15) is 9.59 Å². The third-order valence-corrected chi connectivity index (χ3v) is 4.07.